The zero-order valence-electron chi connectivity index (χ0n) is 15.4. The fourth-order valence-corrected chi connectivity index (χ4v) is 3.19. The van der Waals surface area contributed by atoms with Gasteiger partial charge in [-0.25, -0.2) is 0 Å². The van der Waals surface area contributed by atoms with Crippen LogP contribution < -0.4 is 0 Å². The first-order chi connectivity index (χ1) is 13.6. The number of ether oxygens (including phenoxy) is 1. The maximum Gasteiger partial charge on any atom is 0.310 e. The molecule has 4 rings (SSSR count). The van der Waals surface area contributed by atoms with Crippen LogP contribution in [0.4, 0.5) is 0 Å². The molecule has 0 unspecified atom stereocenters. The summed E-state index contributed by atoms with van der Waals surface area (Å²) in [7, 11) is 1.63. The van der Waals surface area contributed by atoms with E-state index in [9.17, 15) is 9.59 Å². The number of carbonyl (C=O) groups excluding carboxylic acids is 2. The highest BCUT2D eigenvalue weighted by Crippen LogP contribution is 2.30. The molecule has 2 aromatic carbocycles. The lowest BCUT2D eigenvalue weighted by atomic mass is 10.0. The van der Waals surface area contributed by atoms with Gasteiger partial charge in [0, 0.05) is 18.0 Å². The number of fused-ring (bicyclic) bond motifs is 3. The number of furan rings is 2. The summed E-state index contributed by atoms with van der Waals surface area (Å²) in [6, 6.07) is 15.3. The number of esters is 1. The third kappa shape index (κ3) is 3.62. The Bertz CT molecular complexity index is 1130. The molecule has 28 heavy (non-hydrogen) atoms. The van der Waals surface area contributed by atoms with E-state index >= 15 is 0 Å². The summed E-state index contributed by atoms with van der Waals surface area (Å²) in [4.78, 5) is 25.9. The highest BCUT2D eigenvalue weighted by atomic mass is 16.5. The predicted molar refractivity (Wildman–Crippen MR) is 104 cm³/mol. The second-order valence-corrected chi connectivity index (χ2v) is 6.59. The molecule has 2 heterocycles. The van der Waals surface area contributed by atoms with Crippen molar-refractivity contribution in [1.82, 2.24) is 4.90 Å². The molecular formula is C22H19NO5. The van der Waals surface area contributed by atoms with E-state index < -0.39 is 5.97 Å². The lowest BCUT2D eigenvalue weighted by molar-refractivity contribution is -0.151. The molecule has 4 aromatic rings. The quantitative estimate of drug-likeness (QED) is 0.476. The lowest BCUT2D eigenvalue weighted by Crippen LogP contribution is -2.30. The van der Waals surface area contributed by atoms with Crippen LogP contribution in [0.25, 0.3) is 21.7 Å². The second-order valence-electron chi connectivity index (χ2n) is 6.59. The van der Waals surface area contributed by atoms with Gasteiger partial charge < -0.3 is 18.5 Å². The normalized spacial score (nSPS) is 11.0. The van der Waals surface area contributed by atoms with Crippen molar-refractivity contribution in [3.63, 3.8) is 0 Å². The Balaban J connectivity index is 1.41. The van der Waals surface area contributed by atoms with Crippen molar-refractivity contribution in [2.75, 3.05) is 13.7 Å². The Kier molecular flexibility index (Phi) is 4.85. The van der Waals surface area contributed by atoms with E-state index in [1.165, 1.54) is 4.90 Å². The van der Waals surface area contributed by atoms with Gasteiger partial charge in [-0.1, -0.05) is 30.3 Å². The molecule has 0 aliphatic carbocycles. The maximum atomic E-state index is 12.3. The van der Waals surface area contributed by atoms with Gasteiger partial charge in [0.25, 0.3) is 5.91 Å². The smallest absolute Gasteiger partial charge is 0.310 e. The average Bonchev–Trinajstić information content (AvgIpc) is 3.36. The minimum atomic E-state index is -0.476. The molecule has 2 aromatic heterocycles. The summed E-state index contributed by atoms with van der Waals surface area (Å²) in [6.45, 7) is 0.00825. The van der Waals surface area contributed by atoms with Crippen molar-refractivity contribution in [3.05, 3.63) is 72.4 Å². The van der Waals surface area contributed by atoms with Crippen LogP contribution in [0.15, 0.2) is 69.9 Å². The van der Waals surface area contributed by atoms with E-state index in [2.05, 4.69) is 0 Å². The third-order valence-corrected chi connectivity index (χ3v) is 4.63. The molecular weight excluding hydrogens is 358 g/mol. The number of amides is 1. The minimum absolute atomic E-state index is 0.0379. The Morgan fingerprint density at radius 2 is 1.89 bits per heavy atom. The number of carbonyl (C=O) groups is 2. The predicted octanol–water partition coefficient (Wildman–Crippen LogP) is 3.92. The first kappa shape index (κ1) is 17.9. The molecule has 0 saturated heterocycles. The Labute approximate surface area is 161 Å². The summed E-state index contributed by atoms with van der Waals surface area (Å²) in [5.41, 5.74) is 1.46. The summed E-state index contributed by atoms with van der Waals surface area (Å²) in [5, 5.41) is 2.99. The molecule has 6 heteroatoms. The first-order valence-corrected chi connectivity index (χ1v) is 8.91. The van der Waals surface area contributed by atoms with Crippen LogP contribution >= 0.6 is 0 Å². The highest BCUT2D eigenvalue weighted by molar-refractivity contribution is 6.08. The molecule has 0 aliphatic heterocycles. The number of benzene rings is 2. The highest BCUT2D eigenvalue weighted by Gasteiger charge is 2.17. The number of hydrogen-bond acceptors (Lipinski definition) is 5. The fourth-order valence-electron chi connectivity index (χ4n) is 3.19. The van der Waals surface area contributed by atoms with Gasteiger partial charge in [0.1, 0.15) is 11.3 Å². The Morgan fingerprint density at radius 1 is 1.04 bits per heavy atom. The van der Waals surface area contributed by atoms with Gasteiger partial charge in [0.2, 0.25) is 0 Å². The monoisotopic (exact) mass is 377 g/mol. The molecule has 0 N–H and O–H groups in total. The van der Waals surface area contributed by atoms with Gasteiger partial charge in [-0.2, -0.15) is 0 Å². The average molecular weight is 377 g/mol. The van der Waals surface area contributed by atoms with Crippen molar-refractivity contribution in [2.45, 2.75) is 13.0 Å². The number of hydrogen-bond donors (Lipinski definition) is 0. The van der Waals surface area contributed by atoms with Crippen LogP contribution in [-0.4, -0.2) is 30.4 Å². The summed E-state index contributed by atoms with van der Waals surface area (Å²) < 4.78 is 16.0. The number of nitrogens with zero attached hydrogens (tertiary/aromatic N) is 1. The van der Waals surface area contributed by atoms with Crippen molar-refractivity contribution < 1.29 is 23.2 Å². The SMILES string of the molecule is CN(Cc1ccco1)C(=O)COC(=O)Cc1coc2ccc3ccccc3c12. The standard InChI is InChI=1S/C22H19NO5/c1-23(12-17-6-4-10-26-17)20(24)14-28-21(25)11-16-13-27-19-9-8-15-5-2-3-7-18(15)22(16)19/h2-10,13H,11-12,14H2,1H3. The molecule has 0 spiro atoms. The number of rotatable bonds is 6. The van der Waals surface area contributed by atoms with Crippen LogP contribution in [0, 0.1) is 0 Å². The largest absolute Gasteiger partial charge is 0.467 e. The van der Waals surface area contributed by atoms with Crippen LogP contribution in [0.5, 0.6) is 0 Å². The van der Waals surface area contributed by atoms with Crippen molar-refractivity contribution in [1.29, 1.82) is 0 Å². The molecule has 0 radical (unpaired) electrons. The Hall–Kier alpha value is -3.54. The van der Waals surface area contributed by atoms with E-state index in [0.717, 1.165) is 27.3 Å². The van der Waals surface area contributed by atoms with Crippen molar-refractivity contribution in [3.8, 4) is 0 Å². The van der Waals surface area contributed by atoms with E-state index in [1.54, 1.807) is 31.7 Å². The van der Waals surface area contributed by atoms with Crippen molar-refractivity contribution >= 4 is 33.6 Å². The third-order valence-electron chi connectivity index (χ3n) is 4.63. The molecule has 142 valence electrons. The minimum Gasteiger partial charge on any atom is -0.467 e. The van der Waals surface area contributed by atoms with E-state index in [4.69, 9.17) is 13.6 Å². The second kappa shape index (κ2) is 7.60. The van der Waals surface area contributed by atoms with Gasteiger partial charge in [-0.15, -0.1) is 0 Å². The molecule has 0 aliphatic rings. The van der Waals surface area contributed by atoms with Crippen LogP contribution in [-0.2, 0) is 27.3 Å². The molecule has 0 atom stereocenters. The van der Waals surface area contributed by atoms with Gasteiger partial charge in [0.15, 0.2) is 6.61 Å². The summed E-state index contributed by atoms with van der Waals surface area (Å²) in [5.74, 6) is -0.110. The van der Waals surface area contributed by atoms with Gasteiger partial charge in [-0.3, -0.25) is 9.59 Å². The van der Waals surface area contributed by atoms with E-state index in [-0.39, 0.29) is 18.9 Å². The van der Waals surface area contributed by atoms with Gasteiger partial charge in [0.05, 0.1) is 25.5 Å². The van der Waals surface area contributed by atoms with Crippen LogP contribution in [0.1, 0.15) is 11.3 Å². The molecule has 1 amide bonds. The summed E-state index contributed by atoms with van der Waals surface area (Å²) >= 11 is 0. The fraction of sp³-hybridized carbons (Fsp3) is 0.182. The van der Waals surface area contributed by atoms with Crippen molar-refractivity contribution in [2.24, 2.45) is 0 Å². The summed E-state index contributed by atoms with van der Waals surface area (Å²) in [6.07, 6.45) is 3.16. The maximum absolute atomic E-state index is 12.3. The lowest BCUT2D eigenvalue weighted by Gasteiger charge is -2.15. The Morgan fingerprint density at radius 3 is 2.71 bits per heavy atom. The zero-order chi connectivity index (χ0) is 19.5. The van der Waals surface area contributed by atoms with E-state index in [1.807, 2.05) is 36.4 Å². The van der Waals surface area contributed by atoms with Gasteiger partial charge in [-0.05, 0) is 29.0 Å². The molecule has 6 nitrogen and oxygen atoms in total. The first-order valence-electron chi connectivity index (χ1n) is 8.91. The molecule has 0 fully saturated rings. The van der Waals surface area contributed by atoms with Crippen LogP contribution in [0.2, 0.25) is 0 Å². The number of likely N-dealkylation sites (N-methyl/N-ethyl adjacent to an activating group) is 1. The van der Waals surface area contributed by atoms with E-state index in [0.29, 0.717) is 12.3 Å². The van der Waals surface area contributed by atoms with Crippen LogP contribution in [0.3, 0.4) is 0 Å². The van der Waals surface area contributed by atoms with Gasteiger partial charge >= 0.3 is 5.97 Å². The topological polar surface area (TPSA) is 72.9 Å². The zero-order valence-corrected chi connectivity index (χ0v) is 15.4. The molecule has 0 bridgehead atoms. The molecule has 0 saturated carbocycles.